The zero-order valence-corrected chi connectivity index (χ0v) is 17.2. The Morgan fingerprint density at radius 3 is 2.40 bits per heavy atom. The predicted molar refractivity (Wildman–Crippen MR) is 109 cm³/mol. The van der Waals surface area contributed by atoms with Gasteiger partial charge in [0, 0.05) is 0 Å². The minimum Gasteiger partial charge on any atom is -0.133 e. The Balaban J connectivity index is 1.85. The number of allylic oxidation sites excluding steroid dienone is 2. The lowest BCUT2D eigenvalue weighted by Gasteiger charge is -2.56. The third kappa shape index (κ3) is 3.21. The first-order valence-electron chi connectivity index (χ1n) is 10.9. The van der Waals surface area contributed by atoms with Crippen LogP contribution in [0.1, 0.15) is 85.5 Å². The zero-order valence-electron chi connectivity index (χ0n) is 17.2. The Kier molecular flexibility index (Phi) is 5.41. The molecule has 0 aromatic rings. The van der Waals surface area contributed by atoms with Crippen LogP contribution in [0.25, 0.3) is 0 Å². The first-order valence-corrected chi connectivity index (χ1v) is 10.9. The molecule has 0 aromatic heterocycles. The van der Waals surface area contributed by atoms with Crippen molar-refractivity contribution in [3.05, 3.63) is 30.5 Å². The maximum atomic E-state index is 4.50. The van der Waals surface area contributed by atoms with Gasteiger partial charge in [0.05, 0.1) is 0 Å². The molecule has 3 fully saturated rings. The van der Waals surface area contributed by atoms with E-state index in [9.17, 15) is 0 Å². The van der Waals surface area contributed by atoms with Crippen LogP contribution in [0.5, 0.6) is 0 Å². The Hall–Kier alpha value is -0.740. The van der Waals surface area contributed by atoms with E-state index >= 15 is 0 Å². The van der Waals surface area contributed by atoms with Crippen molar-refractivity contribution < 1.29 is 0 Å². The van der Waals surface area contributed by atoms with Crippen molar-refractivity contribution in [1.29, 1.82) is 0 Å². The highest BCUT2D eigenvalue weighted by atomic mass is 14.6. The lowest BCUT2D eigenvalue weighted by molar-refractivity contribution is -0.0554. The van der Waals surface area contributed by atoms with E-state index in [0.29, 0.717) is 10.8 Å². The maximum absolute atomic E-state index is 4.50. The van der Waals surface area contributed by atoms with Crippen molar-refractivity contribution in [2.75, 3.05) is 0 Å². The van der Waals surface area contributed by atoms with Crippen LogP contribution in [0, 0.1) is 40.4 Å². The molecule has 0 N–H and O–H groups in total. The fourth-order valence-electron chi connectivity index (χ4n) is 6.99. The van der Waals surface area contributed by atoms with Crippen LogP contribution in [0.15, 0.2) is 30.5 Å². The van der Waals surface area contributed by atoms with Crippen molar-refractivity contribution in [2.45, 2.75) is 85.5 Å². The summed E-state index contributed by atoms with van der Waals surface area (Å²) in [5, 5.41) is 0. The summed E-state index contributed by atoms with van der Waals surface area (Å²) in [4.78, 5) is 0. The molecule has 0 bridgehead atoms. The predicted octanol–water partition coefficient (Wildman–Crippen LogP) is 7.57. The molecule has 0 aliphatic heterocycles. The molecule has 25 heavy (non-hydrogen) atoms. The van der Waals surface area contributed by atoms with Crippen LogP contribution in [0.3, 0.4) is 0 Å². The monoisotopic (exact) mass is 340 g/mol. The smallest absolute Gasteiger partial charge is 0.00878 e. The second-order valence-corrected chi connectivity index (χ2v) is 10.1. The molecule has 140 valence electrons. The van der Waals surface area contributed by atoms with Gasteiger partial charge in [0.15, 0.2) is 0 Å². The van der Waals surface area contributed by atoms with Crippen molar-refractivity contribution in [3.63, 3.8) is 0 Å². The van der Waals surface area contributed by atoms with Gasteiger partial charge in [-0.2, -0.15) is 0 Å². The van der Waals surface area contributed by atoms with Gasteiger partial charge < -0.3 is 0 Å². The molecule has 3 aliphatic rings. The third-order valence-corrected chi connectivity index (χ3v) is 9.01. The fraction of sp³-hybridized carbons (Fsp3) is 0.800. The van der Waals surface area contributed by atoms with Crippen LogP contribution in [0.4, 0.5) is 0 Å². The molecule has 0 aromatic carbocycles. The highest BCUT2D eigenvalue weighted by Gasteiger charge is 2.55. The Morgan fingerprint density at radius 1 is 1.12 bits per heavy atom. The highest BCUT2D eigenvalue weighted by molar-refractivity contribution is 5.21. The molecule has 0 heteroatoms. The van der Waals surface area contributed by atoms with E-state index in [1.54, 1.807) is 5.57 Å². The lowest BCUT2D eigenvalue weighted by Crippen LogP contribution is -2.48. The molecule has 3 saturated carbocycles. The number of rotatable bonds is 4. The van der Waals surface area contributed by atoms with Gasteiger partial charge in [-0.1, -0.05) is 52.8 Å². The molecule has 0 radical (unpaired) electrons. The highest BCUT2D eigenvalue weighted by Crippen LogP contribution is 2.64. The van der Waals surface area contributed by atoms with Crippen LogP contribution >= 0.6 is 0 Å². The van der Waals surface area contributed by atoms with E-state index in [1.165, 1.54) is 57.8 Å². The van der Waals surface area contributed by atoms with Crippen LogP contribution < -0.4 is 0 Å². The zero-order chi connectivity index (χ0) is 18.2. The Bertz CT molecular complexity index is 540. The standard InChI is InChI=1S/C25H40/c1-7-9-20-12-15-24(5,16-13-20)21-14-17-25(6)19(4)10-11-22(25)23(21)18(3)8-2/h9,18,20-23H,1,4,8,10-17H2,2-3,5-6H3. The van der Waals surface area contributed by atoms with Crippen LogP contribution in [-0.4, -0.2) is 0 Å². The summed E-state index contributed by atoms with van der Waals surface area (Å²) >= 11 is 0. The minimum absolute atomic E-state index is 0.434. The summed E-state index contributed by atoms with van der Waals surface area (Å²) < 4.78 is 0. The summed E-state index contributed by atoms with van der Waals surface area (Å²) in [5.41, 5.74) is 5.58. The topological polar surface area (TPSA) is 0 Å². The van der Waals surface area contributed by atoms with Crippen molar-refractivity contribution in [3.8, 4) is 0 Å². The molecule has 0 nitrogen and oxygen atoms in total. The SMILES string of the molecule is C=C=CC1CCC(C)(C2CCC3(C)C(=C)CCC3C2C(C)CC)CC1. The third-order valence-electron chi connectivity index (χ3n) is 9.01. The summed E-state index contributed by atoms with van der Waals surface area (Å²) in [7, 11) is 0. The van der Waals surface area contributed by atoms with Gasteiger partial charge in [-0.05, 0) is 97.9 Å². The molecular formula is C25H40. The summed E-state index contributed by atoms with van der Waals surface area (Å²) in [6, 6.07) is 0. The Morgan fingerprint density at radius 2 is 1.80 bits per heavy atom. The second kappa shape index (κ2) is 7.11. The molecule has 0 heterocycles. The molecule has 0 amide bonds. The quantitative estimate of drug-likeness (QED) is 0.365. The number of hydrogen-bond acceptors (Lipinski definition) is 0. The van der Waals surface area contributed by atoms with Gasteiger partial charge in [-0.3, -0.25) is 0 Å². The van der Waals surface area contributed by atoms with E-state index in [0.717, 1.165) is 29.6 Å². The second-order valence-electron chi connectivity index (χ2n) is 10.1. The number of hydrogen-bond donors (Lipinski definition) is 0. The molecular weight excluding hydrogens is 300 g/mol. The van der Waals surface area contributed by atoms with Gasteiger partial charge in [0.2, 0.25) is 0 Å². The van der Waals surface area contributed by atoms with Crippen molar-refractivity contribution in [2.24, 2.45) is 40.4 Å². The van der Waals surface area contributed by atoms with Gasteiger partial charge >= 0.3 is 0 Å². The van der Waals surface area contributed by atoms with E-state index < -0.39 is 0 Å². The molecule has 5 atom stereocenters. The molecule has 0 saturated heterocycles. The first-order chi connectivity index (χ1) is 11.9. The lowest BCUT2D eigenvalue weighted by atomic mass is 9.49. The summed E-state index contributed by atoms with van der Waals surface area (Å²) in [6.45, 7) is 18.4. The van der Waals surface area contributed by atoms with Crippen molar-refractivity contribution in [1.82, 2.24) is 0 Å². The van der Waals surface area contributed by atoms with Gasteiger partial charge in [-0.25, -0.2) is 0 Å². The normalized spacial score (nSPS) is 45.5. The van der Waals surface area contributed by atoms with E-state index in [-0.39, 0.29) is 0 Å². The Labute approximate surface area is 156 Å². The average molecular weight is 341 g/mol. The molecule has 5 unspecified atom stereocenters. The molecule has 0 spiro atoms. The molecule has 3 rings (SSSR count). The minimum atomic E-state index is 0.434. The molecule has 3 aliphatic carbocycles. The fourth-order valence-corrected chi connectivity index (χ4v) is 6.99. The first kappa shape index (κ1) is 19.0. The average Bonchev–Trinajstić information content (AvgIpc) is 2.91. The van der Waals surface area contributed by atoms with E-state index in [1.807, 2.05) is 0 Å². The summed E-state index contributed by atoms with van der Waals surface area (Å²) in [5.74, 6) is 4.28. The number of fused-ring (bicyclic) bond motifs is 1. The maximum Gasteiger partial charge on any atom is -0.00878 e. The summed E-state index contributed by atoms with van der Waals surface area (Å²) in [6.07, 6.45) is 14.6. The van der Waals surface area contributed by atoms with Crippen LogP contribution in [0.2, 0.25) is 0 Å². The van der Waals surface area contributed by atoms with E-state index in [2.05, 4.69) is 52.7 Å². The largest absolute Gasteiger partial charge is 0.133 e. The van der Waals surface area contributed by atoms with E-state index in [4.69, 9.17) is 0 Å². The van der Waals surface area contributed by atoms with Gasteiger partial charge in [-0.15, -0.1) is 5.73 Å². The van der Waals surface area contributed by atoms with Gasteiger partial charge in [0.25, 0.3) is 0 Å². The van der Waals surface area contributed by atoms with Gasteiger partial charge in [0.1, 0.15) is 0 Å². The van der Waals surface area contributed by atoms with Crippen LogP contribution in [-0.2, 0) is 0 Å². The van der Waals surface area contributed by atoms with Crippen molar-refractivity contribution >= 4 is 0 Å².